The van der Waals surface area contributed by atoms with Gasteiger partial charge >= 0.3 is 5.97 Å². The van der Waals surface area contributed by atoms with Crippen molar-refractivity contribution in [3.8, 4) is 0 Å². The predicted octanol–water partition coefficient (Wildman–Crippen LogP) is 3.88. The molecule has 2 rings (SSSR count). The minimum absolute atomic E-state index is 0.0874. The fraction of sp³-hybridized carbons (Fsp3) is 0.750. The number of ether oxygens (including phenoxy) is 1. The summed E-state index contributed by atoms with van der Waals surface area (Å²) < 4.78 is 10.7. The molecule has 0 radical (unpaired) electrons. The van der Waals surface area contributed by atoms with Crippen molar-refractivity contribution in [2.75, 3.05) is 0 Å². The van der Waals surface area contributed by atoms with E-state index in [0.717, 1.165) is 29.9 Å². The maximum atomic E-state index is 12.0. The van der Waals surface area contributed by atoms with Gasteiger partial charge in [-0.25, -0.2) is 0 Å². The monoisotopic (exact) mass is 279 g/mol. The molecule has 0 spiro atoms. The Labute approximate surface area is 120 Å². The van der Waals surface area contributed by atoms with Crippen LogP contribution >= 0.6 is 0 Å². The summed E-state index contributed by atoms with van der Waals surface area (Å²) in [6.45, 7) is 3.79. The van der Waals surface area contributed by atoms with Gasteiger partial charge in [-0.3, -0.25) is 4.79 Å². The number of aryl methyl sites for hydroxylation is 2. The molecule has 0 aliphatic heterocycles. The van der Waals surface area contributed by atoms with Crippen molar-refractivity contribution in [3.63, 3.8) is 0 Å². The standard InChI is InChI=1S/C16H25NO3/c1-12-15(13(2)20-17-12)10-11-16(18)19-14-8-6-4-3-5-7-9-14/h14H,3-11H2,1-2H3. The third kappa shape index (κ3) is 4.36. The van der Waals surface area contributed by atoms with Crippen LogP contribution in [0.3, 0.4) is 0 Å². The second kappa shape index (κ2) is 7.46. The Morgan fingerprint density at radius 1 is 1.20 bits per heavy atom. The molecule has 1 heterocycles. The van der Waals surface area contributed by atoms with E-state index < -0.39 is 0 Å². The van der Waals surface area contributed by atoms with Crippen LogP contribution in [0.25, 0.3) is 0 Å². The lowest BCUT2D eigenvalue weighted by Gasteiger charge is -2.20. The molecule has 0 unspecified atom stereocenters. The second-order valence-corrected chi connectivity index (χ2v) is 5.76. The first-order chi connectivity index (χ1) is 9.66. The van der Waals surface area contributed by atoms with Crippen molar-refractivity contribution in [2.24, 2.45) is 0 Å². The molecule has 1 fully saturated rings. The first-order valence-corrected chi connectivity index (χ1v) is 7.78. The van der Waals surface area contributed by atoms with Gasteiger partial charge in [-0.15, -0.1) is 0 Å². The van der Waals surface area contributed by atoms with Crippen LogP contribution in [0.15, 0.2) is 4.52 Å². The fourth-order valence-corrected chi connectivity index (χ4v) is 2.87. The highest BCUT2D eigenvalue weighted by Gasteiger charge is 2.17. The van der Waals surface area contributed by atoms with E-state index in [2.05, 4.69) is 5.16 Å². The quantitative estimate of drug-likeness (QED) is 0.785. The van der Waals surface area contributed by atoms with Crippen molar-refractivity contribution in [2.45, 2.75) is 77.7 Å². The summed E-state index contributed by atoms with van der Waals surface area (Å²) in [5, 5.41) is 3.91. The molecule has 0 saturated heterocycles. The van der Waals surface area contributed by atoms with Crippen molar-refractivity contribution in [1.82, 2.24) is 5.16 Å². The van der Waals surface area contributed by atoms with Gasteiger partial charge in [-0.1, -0.05) is 24.4 Å². The lowest BCUT2D eigenvalue weighted by atomic mass is 9.98. The highest BCUT2D eigenvalue weighted by molar-refractivity contribution is 5.70. The molecule has 0 N–H and O–H groups in total. The molecule has 4 heteroatoms. The number of carbonyl (C=O) groups excluding carboxylic acids is 1. The summed E-state index contributed by atoms with van der Waals surface area (Å²) in [5.41, 5.74) is 1.92. The Morgan fingerprint density at radius 2 is 1.85 bits per heavy atom. The van der Waals surface area contributed by atoms with Gasteiger partial charge in [-0.05, 0) is 46.0 Å². The molecule has 0 amide bonds. The van der Waals surface area contributed by atoms with E-state index in [1.165, 1.54) is 32.1 Å². The van der Waals surface area contributed by atoms with Crippen molar-refractivity contribution < 1.29 is 14.1 Å². The van der Waals surface area contributed by atoms with E-state index in [4.69, 9.17) is 9.26 Å². The SMILES string of the molecule is Cc1noc(C)c1CCC(=O)OC1CCCCCCC1. The zero-order valence-electron chi connectivity index (χ0n) is 12.6. The molecule has 112 valence electrons. The van der Waals surface area contributed by atoms with Crippen LogP contribution in [0.4, 0.5) is 0 Å². The highest BCUT2D eigenvalue weighted by Crippen LogP contribution is 2.20. The van der Waals surface area contributed by atoms with E-state index in [1.54, 1.807) is 0 Å². The Kier molecular flexibility index (Phi) is 5.62. The van der Waals surface area contributed by atoms with Crippen molar-refractivity contribution >= 4 is 5.97 Å². The highest BCUT2D eigenvalue weighted by atomic mass is 16.5. The number of hydrogen-bond donors (Lipinski definition) is 0. The lowest BCUT2D eigenvalue weighted by Crippen LogP contribution is -2.19. The summed E-state index contributed by atoms with van der Waals surface area (Å²) in [6, 6.07) is 0. The molecular weight excluding hydrogens is 254 g/mol. The Hall–Kier alpha value is -1.32. The Bertz CT molecular complexity index is 411. The second-order valence-electron chi connectivity index (χ2n) is 5.76. The number of carbonyl (C=O) groups is 1. The molecule has 1 aromatic heterocycles. The molecule has 1 saturated carbocycles. The van der Waals surface area contributed by atoms with Gasteiger partial charge in [-0.2, -0.15) is 0 Å². The van der Waals surface area contributed by atoms with Crippen LogP contribution in [0, 0.1) is 13.8 Å². The third-order valence-electron chi connectivity index (χ3n) is 4.11. The average Bonchev–Trinajstić information content (AvgIpc) is 2.70. The van der Waals surface area contributed by atoms with Crippen LogP contribution in [0.1, 0.15) is 68.4 Å². The topological polar surface area (TPSA) is 52.3 Å². The number of aromatic nitrogens is 1. The van der Waals surface area contributed by atoms with Gasteiger partial charge in [0, 0.05) is 12.0 Å². The molecule has 20 heavy (non-hydrogen) atoms. The first-order valence-electron chi connectivity index (χ1n) is 7.78. The zero-order valence-corrected chi connectivity index (χ0v) is 12.6. The summed E-state index contributed by atoms with van der Waals surface area (Å²) in [5.74, 6) is 0.719. The molecule has 4 nitrogen and oxygen atoms in total. The van der Waals surface area contributed by atoms with E-state index in [1.807, 2.05) is 13.8 Å². The van der Waals surface area contributed by atoms with Gasteiger partial charge in [0.2, 0.25) is 0 Å². The molecule has 0 atom stereocenters. The van der Waals surface area contributed by atoms with E-state index in [0.29, 0.717) is 12.8 Å². The van der Waals surface area contributed by atoms with Gasteiger partial charge in [0.1, 0.15) is 11.9 Å². The van der Waals surface area contributed by atoms with E-state index >= 15 is 0 Å². The van der Waals surface area contributed by atoms with E-state index in [9.17, 15) is 4.79 Å². The summed E-state index contributed by atoms with van der Waals surface area (Å²) >= 11 is 0. The zero-order chi connectivity index (χ0) is 14.4. The summed E-state index contributed by atoms with van der Waals surface area (Å²) in [7, 11) is 0. The summed E-state index contributed by atoms with van der Waals surface area (Å²) in [6.07, 6.45) is 9.49. The van der Waals surface area contributed by atoms with Crippen LogP contribution < -0.4 is 0 Å². The number of hydrogen-bond acceptors (Lipinski definition) is 4. The van der Waals surface area contributed by atoms with Gasteiger partial charge in [0.05, 0.1) is 5.69 Å². The Balaban J connectivity index is 1.77. The van der Waals surface area contributed by atoms with Crippen molar-refractivity contribution in [1.29, 1.82) is 0 Å². The molecule has 0 aromatic carbocycles. The van der Waals surface area contributed by atoms with Gasteiger partial charge < -0.3 is 9.26 Å². The first kappa shape index (κ1) is 15.1. The lowest BCUT2D eigenvalue weighted by molar-refractivity contribution is -0.150. The number of rotatable bonds is 4. The maximum absolute atomic E-state index is 12.0. The minimum Gasteiger partial charge on any atom is -0.462 e. The number of esters is 1. The third-order valence-corrected chi connectivity index (χ3v) is 4.11. The largest absolute Gasteiger partial charge is 0.462 e. The molecule has 1 aliphatic carbocycles. The van der Waals surface area contributed by atoms with Gasteiger partial charge in [0.15, 0.2) is 0 Å². The maximum Gasteiger partial charge on any atom is 0.306 e. The molecule has 1 aromatic rings. The smallest absolute Gasteiger partial charge is 0.306 e. The fourth-order valence-electron chi connectivity index (χ4n) is 2.87. The molecule has 0 bridgehead atoms. The van der Waals surface area contributed by atoms with Crippen LogP contribution in [0.5, 0.6) is 0 Å². The Morgan fingerprint density at radius 3 is 2.45 bits per heavy atom. The van der Waals surface area contributed by atoms with Gasteiger partial charge in [0.25, 0.3) is 0 Å². The number of nitrogens with zero attached hydrogens (tertiary/aromatic N) is 1. The van der Waals surface area contributed by atoms with Crippen LogP contribution in [-0.4, -0.2) is 17.2 Å². The normalized spacial score (nSPS) is 17.5. The van der Waals surface area contributed by atoms with E-state index in [-0.39, 0.29) is 12.1 Å². The minimum atomic E-state index is -0.0874. The van der Waals surface area contributed by atoms with Crippen molar-refractivity contribution in [3.05, 3.63) is 17.0 Å². The summed E-state index contributed by atoms with van der Waals surface area (Å²) in [4.78, 5) is 12.0. The molecule has 1 aliphatic rings. The molecular formula is C16H25NO3. The average molecular weight is 279 g/mol. The van der Waals surface area contributed by atoms with Crippen LogP contribution in [-0.2, 0) is 16.0 Å². The van der Waals surface area contributed by atoms with Crippen LogP contribution in [0.2, 0.25) is 0 Å². The predicted molar refractivity (Wildman–Crippen MR) is 76.5 cm³/mol.